The van der Waals surface area contributed by atoms with Crippen LogP contribution >= 0.6 is 11.3 Å². The van der Waals surface area contributed by atoms with Crippen molar-refractivity contribution >= 4 is 28.8 Å². The molecule has 0 fully saturated rings. The molecule has 7 heteroatoms. The number of amides is 2. The normalized spacial score (nSPS) is 11.4. The molecule has 1 aromatic heterocycles. The quantitative estimate of drug-likeness (QED) is 0.539. The Bertz CT molecular complexity index is 1020. The van der Waals surface area contributed by atoms with Gasteiger partial charge >= 0.3 is 0 Å². The number of nitrogens with one attached hydrogen (secondary N) is 2. The van der Waals surface area contributed by atoms with Crippen molar-refractivity contribution in [1.29, 1.82) is 0 Å². The molecule has 30 heavy (non-hydrogen) atoms. The van der Waals surface area contributed by atoms with Gasteiger partial charge in [-0.15, -0.1) is 11.3 Å². The summed E-state index contributed by atoms with van der Waals surface area (Å²) in [5.74, 6) is 0.745. The topological polar surface area (TPSA) is 76.7 Å². The van der Waals surface area contributed by atoms with Gasteiger partial charge in [-0.1, -0.05) is 24.3 Å². The van der Waals surface area contributed by atoms with Gasteiger partial charge in [0.1, 0.15) is 0 Å². The molecule has 156 valence electrons. The number of hydrogen-bond donors (Lipinski definition) is 2. The van der Waals surface area contributed by atoms with Crippen LogP contribution in [0.3, 0.4) is 0 Å². The number of benzene rings is 2. The molecule has 0 radical (unpaired) electrons. The van der Waals surface area contributed by atoms with E-state index < -0.39 is 0 Å². The summed E-state index contributed by atoms with van der Waals surface area (Å²) in [5, 5.41) is 7.63. The molecule has 2 N–H and O–H groups in total. The Hall–Kier alpha value is -3.32. The van der Waals surface area contributed by atoms with Crippen molar-refractivity contribution in [2.75, 3.05) is 19.0 Å². The van der Waals surface area contributed by atoms with Gasteiger partial charge in [0.2, 0.25) is 0 Å². The second-order valence-electron chi connectivity index (χ2n) is 6.52. The van der Waals surface area contributed by atoms with Crippen LogP contribution in [0.25, 0.3) is 0 Å². The van der Waals surface area contributed by atoms with Gasteiger partial charge in [0, 0.05) is 0 Å². The molecule has 0 aliphatic rings. The standard InChI is InChI=1S/C23H24N2O4S/c1-4-29-19-12-11-16(14-20(19)28-3)15(2)24-22(26)17-8-5-6-9-18(17)25-23(27)21-10-7-13-30-21/h5-15H,4H2,1-3H3,(H,24,26)(H,25,27). The summed E-state index contributed by atoms with van der Waals surface area (Å²) < 4.78 is 10.9. The average molecular weight is 425 g/mol. The number of carbonyl (C=O) groups is 2. The molecule has 0 aliphatic heterocycles. The monoisotopic (exact) mass is 424 g/mol. The van der Waals surface area contributed by atoms with Gasteiger partial charge in [-0.25, -0.2) is 0 Å². The summed E-state index contributed by atoms with van der Waals surface area (Å²) in [6.45, 7) is 4.33. The summed E-state index contributed by atoms with van der Waals surface area (Å²) in [4.78, 5) is 25.9. The van der Waals surface area contributed by atoms with Crippen molar-refractivity contribution in [3.05, 3.63) is 76.0 Å². The predicted molar refractivity (Wildman–Crippen MR) is 119 cm³/mol. The first-order chi connectivity index (χ1) is 14.5. The molecule has 0 saturated carbocycles. The van der Waals surface area contributed by atoms with Crippen LogP contribution in [-0.4, -0.2) is 25.5 Å². The van der Waals surface area contributed by atoms with Crippen LogP contribution in [0.5, 0.6) is 11.5 Å². The Balaban J connectivity index is 1.75. The van der Waals surface area contributed by atoms with Crippen LogP contribution in [0.4, 0.5) is 5.69 Å². The fourth-order valence-corrected chi connectivity index (χ4v) is 3.59. The lowest BCUT2D eigenvalue weighted by atomic mass is 10.1. The van der Waals surface area contributed by atoms with Crippen molar-refractivity contribution in [3.63, 3.8) is 0 Å². The van der Waals surface area contributed by atoms with Gasteiger partial charge in [0.15, 0.2) is 11.5 Å². The summed E-state index contributed by atoms with van der Waals surface area (Å²) >= 11 is 1.35. The fraction of sp³-hybridized carbons (Fsp3) is 0.217. The number of para-hydroxylation sites is 1. The number of ether oxygens (including phenoxy) is 2. The van der Waals surface area contributed by atoms with E-state index in [0.29, 0.717) is 34.2 Å². The van der Waals surface area contributed by atoms with Gasteiger partial charge < -0.3 is 20.1 Å². The van der Waals surface area contributed by atoms with Crippen LogP contribution in [0.15, 0.2) is 60.0 Å². The van der Waals surface area contributed by atoms with E-state index in [1.54, 1.807) is 37.4 Å². The molecule has 0 bridgehead atoms. The van der Waals surface area contributed by atoms with Crippen molar-refractivity contribution in [1.82, 2.24) is 5.32 Å². The molecule has 1 heterocycles. The average Bonchev–Trinajstić information content (AvgIpc) is 3.29. The lowest BCUT2D eigenvalue weighted by Gasteiger charge is -2.18. The first kappa shape index (κ1) is 21.4. The van der Waals surface area contributed by atoms with Crippen LogP contribution in [0.2, 0.25) is 0 Å². The van der Waals surface area contributed by atoms with Gasteiger partial charge in [0.25, 0.3) is 11.8 Å². The zero-order chi connectivity index (χ0) is 21.5. The third kappa shape index (κ3) is 4.99. The Labute approximate surface area is 179 Å². The summed E-state index contributed by atoms with van der Waals surface area (Å²) in [5.41, 5.74) is 1.74. The Kier molecular flexibility index (Phi) is 7.08. The number of thiophene rings is 1. The van der Waals surface area contributed by atoms with Gasteiger partial charge in [-0.2, -0.15) is 0 Å². The maximum Gasteiger partial charge on any atom is 0.265 e. The molecule has 0 aliphatic carbocycles. The number of rotatable bonds is 8. The van der Waals surface area contributed by atoms with Crippen LogP contribution in [-0.2, 0) is 0 Å². The third-order valence-electron chi connectivity index (χ3n) is 4.50. The molecule has 2 aromatic carbocycles. The molecular weight excluding hydrogens is 400 g/mol. The maximum atomic E-state index is 12.9. The lowest BCUT2D eigenvalue weighted by Crippen LogP contribution is -2.28. The molecule has 1 unspecified atom stereocenters. The fourth-order valence-electron chi connectivity index (χ4n) is 2.97. The lowest BCUT2D eigenvalue weighted by molar-refractivity contribution is 0.0940. The Morgan fingerprint density at radius 1 is 1.03 bits per heavy atom. The van der Waals surface area contributed by atoms with Gasteiger partial charge in [-0.3, -0.25) is 9.59 Å². The minimum Gasteiger partial charge on any atom is -0.493 e. The maximum absolute atomic E-state index is 12.9. The predicted octanol–water partition coefficient (Wildman–Crippen LogP) is 4.90. The van der Waals surface area contributed by atoms with Crippen LogP contribution in [0, 0.1) is 0 Å². The minimum atomic E-state index is -0.280. The molecule has 3 aromatic rings. The van der Waals surface area contributed by atoms with Crippen LogP contribution < -0.4 is 20.1 Å². The number of hydrogen-bond acceptors (Lipinski definition) is 5. The zero-order valence-electron chi connectivity index (χ0n) is 17.1. The van der Waals surface area contributed by atoms with Crippen LogP contribution in [0.1, 0.15) is 45.5 Å². The van der Waals surface area contributed by atoms with E-state index in [1.807, 2.05) is 43.5 Å². The number of methoxy groups -OCH3 is 1. The van der Waals surface area contributed by atoms with E-state index in [0.717, 1.165) is 5.56 Å². The molecular formula is C23H24N2O4S. The minimum absolute atomic E-state index is 0.241. The van der Waals surface area contributed by atoms with Gasteiger partial charge in [0.05, 0.1) is 35.9 Å². The van der Waals surface area contributed by atoms with Crippen molar-refractivity contribution in [2.24, 2.45) is 0 Å². The SMILES string of the molecule is CCOc1ccc(C(C)NC(=O)c2ccccc2NC(=O)c2cccs2)cc1OC. The highest BCUT2D eigenvalue weighted by atomic mass is 32.1. The highest BCUT2D eigenvalue weighted by Crippen LogP contribution is 2.30. The van der Waals surface area contributed by atoms with E-state index in [2.05, 4.69) is 10.6 Å². The largest absolute Gasteiger partial charge is 0.493 e. The van der Waals surface area contributed by atoms with Gasteiger partial charge in [-0.05, 0) is 55.1 Å². The smallest absolute Gasteiger partial charge is 0.265 e. The molecule has 2 amide bonds. The van der Waals surface area contributed by atoms with E-state index >= 15 is 0 Å². The third-order valence-corrected chi connectivity index (χ3v) is 5.37. The first-order valence-corrected chi connectivity index (χ1v) is 10.5. The second kappa shape index (κ2) is 9.93. The zero-order valence-corrected chi connectivity index (χ0v) is 17.9. The highest BCUT2D eigenvalue weighted by Gasteiger charge is 2.18. The Morgan fingerprint density at radius 2 is 1.83 bits per heavy atom. The first-order valence-electron chi connectivity index (χ1n) is 9.59. The van der Waals surface area contributed by atoms with E-state index in [9.17, 15) is 9.59 Å². The van der Waals surface area contributed by atoms with E-state index in [4.69, 9.17) is 9.47 Å². The number of anilines is 1. The molecule has 0 spiro atoms. The summed E-state index contributed by atoms with van der Waals surface area (Å²) in [6.07, 6.45) is 0. The molecule has 0 saturated heterocycles. The molecule has 3 rings (SSSR count). The highest BCUT2D eigenvalue weighted by molar-refractivity contribution is 7.12. The van der Waals surface area contributed by atoms with Crippen molar-refractivity contribution < 1.29 is 19.1 Å². The van der Waals surface area contributed by atoms with Crippen molar-refractivity contribution in [2.45, 2.75) is 19.9 Å². The molecule has 6 nitrogen and oxygen atoms in total. The summed E-state index contributed by atoms with van der Waals surface area (Å²) in [6, 6.07) is 15.8. The van der Waals surface area contributed by atoms with E-state index in [1.165, 1.54) is 11.3 Å². The number of carbonyl (C=O) groups excluding carboxylic acids is 2. The second-order valence-corrected chi connectivity index (χ2v) is 7.46. The summed E-state index contributed by atoms with van der Waals surface area (Å²) in [7, 11) is 1.58. The van der Waals surface area contributed by atoms with E-state index in [-0.39, 0.29) is 17.9 Å². The molecule has 1 atom stereocenters. The Morgan fingerprint density at radius 3 is 2.53 bits per heavy atom. The van der Waals surface area contributed by atoms with Crippen molar-refractivity contribution in [3.8, 4) is 11.5 Å².